The minimum Gasteiger partial charge on any atom is -0.459 e. The van der Waals surface area contributed by atoms with Crippen LogP contribution < -0.4 is 43.9 Å². The molecule has 12 N–H and O–H groups in total. The van der Waals surface area contributed by atoms with Gasteiger partial charge in [-0.05, 0) is 480 Å². The number of esters is 2. The fraction of sp³-hybridized carbons (Fsp3) is 0.624. The highest BCUT2D eigenvalue weighted by Crippen LogP contribution is 2.74. The predicted octanol–water partition coefficient (Wildman–Crippen LogP) is 33.5. The molecule has 12 aliphatic rings. The highest BCUT2D eigenvalue weighted by Gasteiger charge is 2.67. The standard InChI is InChI=1S/C51H66N2O2.C41H60N2O4.C40H58N2O4.CH4/c1-34(2)7-6-8-35(3)46-27-28-47-45-26-13-38-33-51(32-31-49(38,4)48(45)29-30-50(46,47)5,36-9-18-41(19-10-36)54-43-22-14-39(52)15-23-43)37-11-20-42(21-12-37)55-44-24-16-40(53)17-25-44;1-26(2)7-6-8-27(3)34-17-18-35-33-24-38(47-45-25-28-9-13-30(42)14-10-28)37-23-32(46-39(44)29-11-15-31(43)16-12-29)19-21-41(37,5)36(33)20-22-40(34,35)4;1-26(2)9-5-6-12-29-15-16-34-33-24-37(46-44-25-27-10-7-13-30(41)21-27)36-23-32(45-38(43)28-11-8-14-31(42)22-28)17-19-40(36,4)35(33)18-20-39(29,34)3;/h9-12,14-25,34-35,38,45-48H,6-8,13,26-33,52-53H2,1-5H3;9-16,26-27,32-38H,6-8,17-25,42-43H2,1-5H3;7-8,10-11,13-14,21-22,26,29,32-37H,5-6,9,12,15-20,23-25,41-42H2,1-4H3;1H4. The lowest BCUT2D eigenvalue weighted by atomic mass is 9.42. The summed E-state index contributed by atoms with van der Waals surface area (Å²) < 4.78 is 24.9. The predicted molar refractivity (Wildman–Crippen MR) is 609 cm³/mol. The van der Waals surface area contributed by atoms with Gasteiger partial charge in [0.15, 0.2) is 0 Å². The van der Waals surface area contributed by atoms with Gasteiger partial charge in [-0.25, -0.2) is 29.1 Å². The van der Waals surface area contributed by atoms with Crippen molar-refractivity contribution in [2.45, 2.75) is 372 Å². The van der Waals surface area contributed by atoms with Gasteiger partial charge in [-0.1, -0.05) is 217 Å². The van der Waals surface area contributed by atoms with Crippen LogP contribution in [-0.2, 0) is 47.7 Å². The molecule has 0 amide bonds. The van der Waals surface area contributed by atoms with Crippen LogP contribution in [-0.4, -0.2) is 36.4 Å². The molecule has 810 valence electrons. The molecule has 12 aliphatic carbocycles. The summed E-state index contributed by atoms with van der Waals surface area (Å²) in [5.41, 5.74) is 47.7. The molecule has 16 heteroatoms. The lowest BCUT2D eigenvalue weighted by molar-refractivity contribution is -0.365. The summed E-state index contributed by atoms with van der Waals surface area (Å²) in [5.74, 6) is 17.4. The van der Waals surface area contributed by atoms with Gasteiger partial charge in [-0.2, -0.15) is 0 Å². The van der Waals surface area contributed by atoms with Crippen molar-refractivity contribution in [1.82, 2.24) is 0 Å². The second kappa shape index (κ2) is 47.5. The van der Waals surface area contributed by atoms with Crippen LogP contribution in [0.2, 0.25) is 0 Å². The Hall–Kier alpha value is -9.06. The molecular weight excluding hydrogens is 1840 g/mol. The molecule has 0 spiro atoms. The quantitative estimate of drug-likeness (QED) is 0.00734. The highest BCUT2D eigenvalue weighted by molar-refractivity contribution is 5.91. The maximum atomic E-state index is 13.1. The fourth-order valence-corrected chi connectivity index (χ4v) is 34.8. The first-order valence-corrected chi connectivity index (χ1v) is 58.7. The van der Waals surface area contributed by atoms with Crippen molar-refractivity contribution in [3.05, 3.63) is 228 Å². The summed E-state index contributed by atoms with van der Waals surface area (Å²) in [6.07, 6.45) is 43.9. The average Bonchev–Trinajstić information content (AvgIpc) is 1.56. The maximum absolute atomic E-state index is 13.1. The summed E-state index contributed by atoms with van der Waals surface area (Å²) in [6, 6.07) is 63.1. The van der Waals surface area contributed by atoms with Crippen molar-refractivity contribution in [3.8, 4) is 23.0 Å². The first-order chi connectivity index (χ1) is 71.0. The third-order valence-electron chi connectivity index (χ3n) is 42.8. The van der Waals surface area contributed by atoms with Gasteiger partial charge in [0, 0.05) is 39.5 Å². The molecule has 12 saturated carbocycles. The van der Waals surface area contributed by atoms with Gasteiger partial charge in [0.05, 0.1) is 23.3 Å². The van der Waals surface area contributed by atoms with Crippen LogP contribution in [0.25, 0.3) is 0 Å². The average molecular weight is 2030 g/mol. The van der Waals surface area contributed by atoms with E-state index in [0.29, 0.717) is 87.0 Å². The van der Waals surface area contributed by atoms with E-state index in [1.165, 1.54) is 178 Å². The number of rotatable bonds is 33. The largest absolute Gasteiger partial charge is 0.459 e. The smallest absolute Gasteiger partial charge is 0.338 e. The summed E-state index contributed by atoms with van der Waals surface area (Å²) in [7, 11) is 0. The Labute approximate surface area is 896 Å². The minimum atomic E-state index is -0.288. The van der Waals surface area contributed by atoms with Crippen LogP contribution >= 0.6 is 0 Å². The zero-order chi connectivity index (χ0) is 104. The van der Waals surface area contributed by atoms with Crippen molar-refractivity contribution in [1.29, 1.82) is 0 Å². The van der Waals surface area contributed by atoms with Gasteiger partial charge < -0.3 is 53.3 Å². The molecule has 27 unspecified atom stereocenters. The number of unbranched alkanes of at least 4 members (excludes halogenated alkanes) is 1. The van der Waals surface area contributed by atoms with Gasteiger partial charge in [0.2, 0.25) is 0 Å². The number of ether oxygens (including phenoxy) is 4. The summed E-state index contributed by atoms with van der Waals surface area (Å²) in [5, 5.41) is 0. The van der Waals surface area contributed by atoms with Gasteiger partial charge in [-0.15, -0.1) is 0 Å². The number of benzene rings is 8. The van der Waals surface area contributed by atoms with Crippen molar-refractivity contribution >= 4 is 46.1 Å². The molecule has 16 nitrogen and oxygen atoms in total. The van der Waals surface area contributed by atoms with Crippen LogP contribution in [0.3, 0.4) is 0 Å². The summed E-state index contributed by atoms with van der Waals surface area (Å²) in [6.45, 7) is 35.9. The van der Waals surface area contributed by atoms with E-state index in [4.69, 9.17) is 72.9 Å². The molecule has 149 heavy (non-hydrogen) atoms. The molecule has 0 heterocycles. The first-order valence-electron chi connectivity index (χ1n) is 58.7. The number of nitrogen functional groups attached to an aromatic ring is 6. The van der Waals surface area contributed by atoms with Gasteiger partial charge >= 0.3 is 11.9 Å². The van der Waals surface area contributed by atoms with Crippen molar-refractivity contribution in [2.24, 2.45) is 151 Å². The number of hydrogen-bond acceptors (Lipinski definition) is 16. The Balaban J connectivity index is 0.000000153. The molecule has 0 aliphatic heterocycles. The Morgan fingerprint density at radius 2 is 0.732 bits per heavy atom. The Bertz CT molecular complexity index is 5570. The molecule has 0 saturated heterocycles. The maximum Gasteiger partial charge on any atom is 0.338 e. The summed E-state index contributed by atoms with van der Waals surface area (Å²) >= 11 is 0. The van der Waals surface area contributed by atoms with Crippen LogP contribution in [0, 0.1) is 151 Å². The van der Waals surface area contributed by atoms with Crippen LogP contribution in [0.5, 0.6) is 23.0 Å². The van der Waals surface area contributed by atoms with Crippen LogP contribution in [0.1, 0.15) is 372 Å². The lowest BCUT2D eigenvalue weighted by Gasteiger charge is -2.63. The molecule has 12 fully saturated rings. The van der Waals surface area contributed by atoms with Crippen molar-refractivity contribution < 1.29 is 48.1 Å². The number of hydrogen-bond donors (Lipinski definition) is 6. The zero-order valence-electron chi connectivity index (χ0n) is 92.5. The van der Waals surface area contributed by atoms with Crippen LogP contribution in [0.4, 0.5) is 34.1 Å². The van der Waals surface area contributed by atoms with Gasteiger partial charge in [-0.3, -0.25) is 0 Å². The van der Waals surface area contributed by atoms with E-state index < -0.39 is 0 Å². The Morgan fingerprint density at radius 3 is 1.21 bits per heavy atom. The highest BCUT2D eigenvalue weighted by atomic mass is 17.2. The van der Waals surface area contributed by atoms with Crippen molar-refractivity contribution in [2.75, 3.05) is 34.4 Å². The molecule has 27 atom stereocenters. The molecule has 8 aromatic carbocycles. The number of carbonyl (C=O) groups is 2. The van der Waals surface area contributed by atoms with Crippen molar-refractivity contribution in [3.63, 3.8) is 0 Å². The number of nitrogens with two attached hydrogens (primary N) is 6. The SMILES string of the molecule is C.CC(C)CCCC(C)C1CCC2C3CC(OOCc4ccc(N)cc4)C4CC(OC(=O)c5ccc(N)cc5)CCC4(C)C3CCC12C.CC(C)CCCC(C)C1CCC2C3CCC4CC(c5ccc(Oc6ccc(N)cc6)cc5)(c5ccc(Oc6ccc(N)cc6)cc5)CCC4(C)C3CCC12C.CC(C)CCCCC1CCC2C3CC(OOCc4cccc(N)c4)C4CC(OC(=O)c5cccc(N)c5)CCC4(C)C3CCC12C. The van der Waals surface area contributed by atoms with Crippen LogP contribution in [0.15, 0.2) is 194 Å². The van der Waals surface area contributed by atoms with E-state index in [9.17, 15) is 9.59 Å². The van der Waals surface area contributed by atoms with E-state index >= 15 is 0 Å². The molecule has 0 bridgehead atoms. The first kappa shape index (κ1) is 111. The van der Waals surface area contributed by atoms with E-state index in [1.54, 1.807) is 42.5 Å². The van der Waals surface area contributed by atoms with Gasteiger partial charge in [0.1, 0.15) is 48.4 Å². The molecule has 8 aromatic rings. The number of anilines is 6. The molecule has 0 aromatic heterocycles. The van der Waals surface area contributed by atoms with E-state index in [2.05, 4.69) is 145 Å². The normalized spacial score (nSPS) is 33.2. The van der Waals surface area contributed by atoms with E-state index in [0.717, 1.165) is 192 Å². The topological polar surface area (TPSA) is 264 Å². The second-order valence-corrected chi connectivity index (χ2v) is 52.5. The van der Waals surface area contributed by atoms with E-state index in [-0.39, 0.29) is 71.9 Å². The third-order valence-corrected chi connectivity index (χ3v) is 42.8. The second-order valence-electron chi connectivity index (χ2n) is 52.5. The summed E-state index contributed by atoms with van der Waals surface area (Å²) in [4.78, 5) is 51.4. The lowest BCUT2D eigenvalue weighted by Crippen LogP contribution is -2.59. The fourth-order valence-electron chi connectivity index (χ4n) is 34.8. The molecular formula is C133H188N6O10. The third kappa shape index (κ3) is 24.2. The minimum absolute atomic E-state index is 0. The number of carbonyl (C=O) groups excluding carboxylic acids is 2. The zero-order valence-corrected chi connectivity index (χ0v) is 92.5. The van der Waals surface area contributed by atoms with Gasteiger partial charge in [0.25, 0.3) is 0 Å². The van der Waals surface area contributed by atoms with E-state index in [1.807, 2.05) is 103 Å². The number of fused-ring (bicyclic) bond motifs is 15. The molecule has 0 radical (unpaired) electrons. The Morgan fingerprint density at radius 1 is 0.329 bits per heavy atom. The molecule has 20 rings (SSSR count). The Kier molecular flexibility index (Phi) is 35.4. The monoisotopic (exact) mass is 2030 g/mol.